The average Bonchev–Trinajstić information content (AvgIpc) is 2.68. The molecule has 0 saturated heterocycles. The summed E-state index contributed by atoms with van der Waals surface area (Å²) in [6.07, 6.45) is 6.47. The molecule has 0 bridgehead atoms. The number of hydrogen-bond donors (Lipinski definition) is 1. The van der Waals surface area contributed by atoms with Gasteiger partial charge in [-0.2, -0.15) is 0 Å². The molecule has 1 aromatic rings. The molecule has 1 fully saturated rings. The molecule has 96 valence electrons. The van der Waals surface area contributed by atoms with E-state index in [9.17, 15) is 5.11 Å². The number of aliphatic hydroxyl groups is 1. The lowest BCUT2D eigenvalue weighted by atomic mass is 9.85. The fraction of sp³-hybridized carbons (Fsp3) is 0.786. The number of hydrogen-bond acceptors (Lipinski definition) is 3. The molecule has 0 spiro atoms. The van der Waals surface area contributed by atoms with Crippen LogP contribution in [0.1, 0.15) is 50.2 Å². The van der Waals surface area contributed by atoms with Crippen LogP contribution in [0.5, 0.6) is 0 Å². The first-order chi connectivity index (χ1) is 8.13. The molecule has 17 heavy (non-hydrogen) atoms. The number of aromatic nitrogens is 1. The highest BCUT2D eigenvalue weighted by molar-refractivity contribution is 7.09. The molecule has 1 N–H and O–H groups in total. The normalized spacial score (nSPS) is 25.4. The molecule has 2 nitrogen and oxygen atoms in total. The van der Waals surface area contributed by atoms with Crippen LogP contribution in [0.3, 0.4) is 0 Å². The zero-order valence-corrected chi connectivity index (χ0v) is 11.7. The van der Waals surface area contributed by atoms with Crippen LogP contribution < -0.4 is 0 Å². The van der Waals surface area contributed by atoms with E-state index in [1.807, 2.05) is 11.3 Å². The van der Waals surface area contributed by atoms with E-state index in [1.165, 1.54) is 23.5 Å². The number of aliphatic hydroxyl groups excluding tert-OH is 1. The smallest absolute Gasteiger partial charge is 0.0931 e. The summed E-state index contributed by atoms with van der Waals surface area (Å²) >= 11 is 1.81. The van der Waals surface area contributed by atoms with Gasteiger partial charge in [-0.3, -0.25) is 0 Å². The number of rotatable bonds is 4. The molecule has 0 amide bonds. The maximum atomic E-state index is 9.48. The topological polar surface area (TPSA) is 33.1 Å². The lowest BCUT2D eigenvalue weighted by Crippen LogP contribution is -2.19. The number of nitrogens with zero attached hydrogens (tertiary/aromatic N) is 1. The van der Waals surface area contributed by atoms with Crippen LogP contribution in [0, 0.1) is 11.8 Å². The van der Waals surface area contributed by atoms with Crippen LogP contribution in [-0.2, 0) is 12.8 Å². The van der Waals surface area contributed by atoms with Crippen molar-refractivity contribution in [2.75, 3.05) is 0 Å². The standard InChI is InChI=1S/C14H23NOS/c1-10(2)7-12-9-17-14(15-12)8-11-3-5-13(16)6-4-11/h9-11,13,16H,3-8H2,1-2H3. The van der Waals surface area contributed by atoms with E-state index in [2.05, 4.69) is 19.2 Å². The Bertz CT molecular complexity index is 340. The van der Waals surface area contributed by atoms with Gasteiger partial charge in [0.25, 0.3) is 0 Å². The van der Waals surface area contributed by atoms with Crippen LogP contribution in [0.2, 0.25) is 0 Å². The molecular weight excluding hydrogens is 230 g/mol. The van der Waals surface area contributed by atoms with Gasteiger partial charge in [-0.05, 0) is 43.9 Å². The maximum absolute atomic E-state index is 9.48. The Hall–Kier alpha value is -0.410. The highest BCUT2D eigenvalue weighted by Crippen LogP contribution is 2.28. The monoisotopic (exact) mass is 253 g/mol. The van der Waals surface area contributed by atoms with Crippen molar-refractivity contribution >= 4 is 11.3 Å². The van der Waals surface area contributed by atoms with Crippen molar-refractivity contribution in [3.63, 3.8) is 0 Å². The molecular formula is C14H23NOS. The highest BCUT2D eigenvalue weighted by Gasteiger charge is 2.20. The molecule has 1 aliphatic rings. The molecule has 1 aliphatic carbocycles. The van der Waals surface area contributed by atoms with E-state index >= 15 is 0 Å². The van der Waals surface area contributed by atoms with Gasteiger partial charge in [0.05, 0.1) is 16.8 Å². The van der Waals surface area contributed by atoms with Gasteiger partial charge in [-0.15, -0.1) is 11.3 Å². The predicted octanol–water partition coefficient (Wildman–Crippen LogP) is 3.44. The molecule has 1 aromatic heterocycles. The van der Waals surface area contributed by atoms with Crippen molar-refractivity contribution in [1.29, 1.82) is 0 Å². The van der Waals surface area contributed by atoms with Gasteiger partial charge in [0.1, 0.15) is 0 Å². The van der Waals surface area contributed by atoms with E-state index < -0.39 is 0 Å². The van der Waals surface area contributed by atoms with Gasteiger partial charge < -0.3 is 5.11 Å². The minimum absolute atomic E-state index is 0.0425. The van der Waals surface area contributed by atoms with Crippen molar-refractivity contribution in [2.24, 2.45) is 11.8 Å². The van der Waals surface area contributed by atoms with Crippen LogP contribution in [0.4, 0.5) is 0 Å². The summed E-state index contributed by atoms with van der Waals surface area (Å²) in [6.45, 7) is 4.48. The second kappa shape index (κ2) is 5.96. The predicted molar refractivity (Wildman–Crippen MR) is 72.3 cm³/mol. The van der Waals surface area contributed by atoms with Crippen LogP contribution >= 0.6 is 11.3 Å². The second-order valence-electron chi connectivity index (χ2n) is 5.71. The largest absolute Gasteiger partial charge is 0.393 e. The van der Waals surface area contributed by atoms with Crippen molar-refractivity contribution in [3.8, 4) is 0 Å². The van der Waals surface area contributed by atoms with Crippen molar-refractivity contribution in [3.05, 3.63) is 16.1 Å². The fourth-order valence-corrected chi connectivity index (χ4v) is 3.47. The van der Waals surface area contributed by atoms with Crippen molar-refractivity contribution in [2.45, 2.75) is 58.5 Å². The van der Waals surface area contributed by atoms with Gasteiger partial charge in [0, 0.05) is 11.8 Å². The summed E-state index contributed by atoms with van der Waals surface area (Å²) < 4.78 is 0. The summed E-state index contributed by atoms with van der Waals surface area (Å²) in [7, 11) is 0. The third kappa shape index (κ3) is 4.07. The highest BCUT2D eigenvalue weighted by atomic mass is 32.1. The van der Waals surface area contributed by atoms with Crippen LogP contribution in [0.25, 0.3) is 0 Å². The SMILES string of the molecule is CC(C)Cc1csc(CC2CCC(O)CC2)n1. The summed E-state index contributed by atoms with van der Waals surface area (Å²) in [5, 5.41) is 13.0. The molecule has 0 aliphatic heterocycles. The van der Waals surface area contributed by atoms with E-state index in [4.69, 9.17) is 4.98 Å². The van der Waals surface area contributed by atoms with Gasteiger partial charge >= 0.3 is 0 Å². The molecule has 0 radical (unpaired) electrons. The molecule has 0 atom stereocenters. The maximum Gasteiger partial charge on any atom is 0.0931 e. The summed E-state index contributed by atoms with van der Waals surface area (Å²) in [5.41, 5.74) is 1.26. The third-order valence-electron chi connectivity index (χ3n) is 3.50. The zero-order chi connectivity index (χ0) is 12.3. The molecule has 1 saturated carbocycles. The lowest BCUT2D eigenvalue weighted by Gasteiger charge is -2.24. The molecule has 0 aromatic carbocycles. The minimum Gasteiger partial charge on any atom is -0.393 e. The Morgan fingerprint density at radius 1 is 1.35 bits per heavy atom. The summed E-state index contributed by atoms with van der Waals surface area (Å²) in [5.74, 6) is 1.44. The quantitative estimate of drug-likeness (QED) is 0.891. The van der Waals surface area contributed by atoms with Crippen LogP contribution in [0.15, 0.2) is 5.38 Å². The van der Waals surface area contributed by atoms with Crippen molar-refractivity contribution < 1.29 is 5.11 Å². The fourth-order valence-electron chi connectivity index (χ4n) is 2.55. The second-order valence-corrected chi connectivity index (χ2v) is 6.65. The van der Waals surface area contributed by atoms with E-state index in [0.29, 0.717) is 5.92 Å². The first-order valence-corrected chi connectivity index (χ1v) is 7.62. The van der Waals surface area contributed by atoms with E-state index in [0.717, 1.165) is 31.6 Å². The summed E-state index contributed by atoms with van der Waals surface area (Å²) in [4.78, 5) is 4.72. The lowest BCUT2D eigenvalue weighted by molar-refractivity contribution is 0.108. The van der Waals surface area contributed by atoms with Gasteiger partial charge in [0.15, 0.2) is 0 Å². The Kier molecular flexibility index (Phi) is 4.57. The minimum atomic E-state index is -0.0425. The van der Waals surface area contributed by atoms with Crippen molar-refractivity contribution in [1.82, 2.24) is 4.98 Å². The average molecular weight is 253 g/mol. The first kappa shape index (κ1) is 13.0. The third-order valence-corrected chi connectivity index (χ3v) is 4.42. The van der Waals surface area contributed by atoms with E-state index in [-0.39, 0.29) is 6.10 Å². The van der Waals surface area contributed by atoms with Crippen LogP contribution in [-0.4, -0.2) is 16.2 Å². The van der Waals surface area contributed by atoms with Gasteiger partial charge in [-0.25, -0.2) is 4.98 Å². The molecule has 2 rings (SSSR count). The van der Waals surface area contributed by atoms with Gasteiger partial charge in [0.2, 0.25) is 0 Å². The zero-order valence-electron chi connectivity index (χ0n) is 10.9. The molecule has 1 heterocycles. The Morgan fingerprint density at radius 3 is 2.71 bits per heavy atom. The first-order valence-electron chi connectivity index (χ1n) is 6.75. The Labute approximate surface area is 108 Å². The summed E-state index contributed by atoms with van der Waals surface area (Å²) in [6, 6.07) is 0. The molecule has 0 unspecified atom stereocenters. The Balaban J connectivity index is 1.84. The molecule has 3 heteroatoms. The Morgan fingerprint density at radius 2 is 2.06 bits per heavy atom. The van der Waals surface area contributed by atoms with E-state index in [1.54, 1.807) is 0 Å². The number of thiazole rings is 1. The van der Waals surface area contributed by atoms with Gasteiger partial charge in [-0.1, -0.05) is 13.8 Å².